The van der Waals surface area contributed by atoms with Gasteiger partial charge in [0.05, 0.1) is 108 Å². The summed E-state index contributed by atoms with van der Waals surface area (Å²) in [6.07, 6.45) is 18.2. The third-order valence-electron chi connectivity index (χ3n) is 23.4. The molecular formula is C95H98Br2N16O5. The number of benzene rings is 5. The van der Waals surface area contributed by atoms with Crippen LogP contribution in [0.3, 0.4) is 0 Å². The third-order valence-corrected chi connectivity index (χ3v) is 24.3. The molecule has 4 aliphatic rings. The number of likely N-dealkylation sites (tertiary alicyclic amines) is 4. The van der Waals surface area contributed by atoms with E-state index < -0.39 is 0 Å². The molecular weight excluding hydrogens is 1600 g/mol. The number of nitrogens with one attached hydrogen (secondary N) is 1. The van der Waals surface area contributed by atoms with Gasteiger partial charge in [-0.3, -0.25) is 58.5 Å². The van der Waals surface area contributed by atoms with Crippen molar-refractivity contribution in [3.05, 3.63) is 263 Å². The zero-order valence-electron chi connectivity index (χ0n) is 68.6. The maximum Gasteiger partial charge on any atom is 0.217 e. The second-order valence-electron chi connectivity index (χ2n) is 31.9. The van der Waals surface area contributed by atoms with Gasteiger partial charge < -0.3 is 23.6 Å². The largest absolute Gasteiger partial charge is 0.352 e. The molecule has 7 aromatic heterocycles. The van der Waals surface area contributed by atoms with Crippen molar-refractivity contribution in [3.8, 4) is 22.7 Å². The fourth-order valence-electron chi connectivity index (χ4n) is 17.2. The molecule has 0 aliphatic carbocycles. The van der Waals surface area contributed by atoms with Crippen molar-refractivity contribution in [2.45, 2.75) is 151 Å². The van der Waals surface area contributed by atoms with Gasteiger partial charge in [0.2, 0.25) is 5.91 Å². The second-order valence-corrected chi connectivity index (χ2v) is 33.7. The van der Waals surface area contributed by atoms with Crippen LogP contribution >= 0.6 is 31.9 Å². The number of Topliss-reactive ketones (excluding diaryl/α,β-unsaturated/α-hetero) is 4. The summed E-state index contributed by atoms with van der Waals surface area (Å²) in [4.78, 5) is 102. The van der Waals surface area contributed by atoms with Gasteiger partial charge in [-0.15, -0.1) is 0 Å². The minimum Gasteiger partial charge on any atom is -0.352 e. The summed E-state index contributed by atoms with van der Waals surface area (Å²) >= 11 is 7.02. The first-order valence-corrected chi connectivity index (χ1v) is 42.1. The number of halogens is 2. The van der Waals surface area contributed by atoms with Crippen molar-refractivity contribution < 1.29 is 24.0 Å². The number of aromatic nitrogens is 7. The van der Waals surface area contributed by atoms with Crippen LogP contribution in [0.25, 0.3) is 86.1 Å². The second kappa shape index (κ2) is 37.5. The van der Waals surface area contributed by atoms with Crippen LogP contribution in [0, 0.1) is 60.9 Å². The van der Waals surface area contributed by atoms with Crippen LogP contribution in [0.2, 0.25) is 0 Å². The number of hydrogen-bond acceptors (Lipinski definition) is 12. The first kappa shape index (κ1) is 84.5. The van der Waals surface area contributed by atoms with Gasteiger partial charge in [0.15, 0.2) is 45.9 Å². The summed E-state index contributed by atoms with van der Waals surface area (Å²) in [5.74, 6) is 0.404. The van der Waals surface area contributed by atoms with Crippen LogP contribution in [-0.2, 0) is 11.3 Å². The number of carbonyl (C=O) groups is 5. The molecule has 0 saturated carbocycles. The van der Waals surface area contributed by atoms with Crippen LogP contribution in [-0.4, -0.2) is 159 Å². The molecule has 0 spiro atoms. The number of nitrogens with zero attached hydrogens (tertiary/aromatic N) is 15. The maximum atomic E-state index is 13.5. The third kappa shape index (κ3) is 18.6. The summed E-state index contributed by atoms with van der Waals surface area (Å²) in [6.45, 7) is 54.7. The Labute approximate surface area is 707 Å². The Balaban J connectivity index is 0.000000137. The standard InChI is InChI=1S/C26H28N4O2.2C23H23BrN4O.C23H24N4O/c1-18-26(25(32)17-29-13-5-4-6-14-29)23-15-20(16-28-19(2)31)7-12-24(23)30(18)22-10-8-21(27-3)9-11-22;1-15-21(20(29)14-27-11-5-10-23(27,2)3)22-19(12-16(24)13-26-22)28(15)18-8-6-17(25-4)7-9-18;1-15-6-4-5-11-27(15)14-21(29)22-16(2)28(19-9-7-18(25-3)8-10-19)20-12-17(24)13-26-23(20)22;1-16-13-20-23(25-14-16)22(21(28)15-26-11-5-4-6-12-26)17(2)27(20)19-9-7-18(24-3)8-10-19/h7-12,15H,4-6,13-14,16-17H2,1-2H3,(H,28,31);6-9,12-13H,5,10-11,14H2,1-3H3;7-10,12-13,15H,4-6,11,14H2,1-2H3;7-10,13-14H,4-6,11-12,15H2,1-2H3/t;;15-;/m..1./s1. The number of carbonyl (C=O) groups excluding carboxylic acids is 5. The lowest BCUT2D eigenvalue weighted by molar-refractivity contribution is -0.119. The minimum atomic E-state index is -0.0832. The molecule has 11 heterocycles. The molecule has 602 valence electrons. The zero-order valence-corrected chi connectivity index (χ0v) is 71.7. The van der Waals surface area contributed by atoms with E-state index in [1.807, 2.05) is 132 Å². The first-order valence-electron chi connectivity index (χ1n) is 40.5. The Morgan fingerprint density at radius 2 is 0.822 bits per heavy atom. The Bertz CT molecular complexity index is 5970. The average Bonchev–Trinajstić information content (AvgIpc) is 1.62. The molecule has 12 aromatic rings. The Kier molecular flexibility index (Phi) is 26.9. The Hall–Kier alpha value is -11.4. The Morgan fingerprint density at radius 1 is 0.441 bits per heavy atom. The van der Waals surface area contributed by atoms with Crippen molar-refractivity contribution in [1.82, 2.24) is 58.1 Å². The quantitative estimate of drug-likeness (QED) is 0.0634. The van der Waals surface area contributed by atoms with Crippen molar-refractivity contribution in [1.29, 1.82) is 0 Å². The van der Waals surface area contributed by atoms with Crippen LogP contribution < -0.4 is 5.32 Å². The Morgan fingerprint density at radius 3 is 1.23 bits per heavy atom. The van der Waals surface area contributed by atoms with Gasteiger partial charge in [-0.25, -0.2) is 19.4 Å². The van der Waals surface area contributed by atoms with E-state index in [0.29, 0.717) is 72.6 Å². The molecule has 23 heteroatoms. The number of amides is 1. The molecule has 21 nitrogen and oxygen atoms in total. The van der Waals surface area contributed by atoms with Crippen LogP contribution in [0.4, 0.5) is 22.7 Å². The van der Waals surface area contributed by atoms with Gasteiger partial charge in [-0.1, -0.05) is 73.9 Å². The molecule has 16 rings (SSSR count). The van der Waals surface area contributed by atoms with E-state index in [2.05, 4.69) is 136 Å². The van der Waals surface area contributed by atoms with Gasteiger partial charge in [0.1, 0.15) is 0 Å². The number of ketones is 4. The molecule has 1 amide bonds. The van der Waals surface area contributed by atoms with E-state index >= 15 is 0 Å². The molecule has 4 saturated heterocycles. The highest BCUT2D eigenvalue weighted by molar-refractivity contribution is 9.10. The highest BCUT2D eigenvalue weighted by Gasteiger charge is 2.36. The number of pyridine rings is 3. The van der Waals surface area contributed by atoms with Gasteiger partial charge in [0, 0.05) is 109 Å². The normalized spacial score (nSPS) is 15.7. The SMILES string of the molecule is [C-]#[N+]c1ccc(-n2c(C)c(C(=O)CN3CCCC3(C)C)c3ncc(Br)cc32)cc1.[C-]#[N+]c1ccc(-n2c(C)c(C(=O)CN3CCCCC3)c3cc(CNC(C)=O)ccc32)cc1.[C-]#[N+]c1ccc(-n2c(C)c(C(=O)CN3CCCCC3)c3ncc(C)cc32)cc1.[C-]#[N+]c1ccc(-n2c(C)c(C(=O)CN3CCCC[C@H]3C)c3ncc(Br)cc32)cc1. The number of aryl methyl sites for hydroxylation is 1. The first-order chi connectivity index (χ1) is 56.9. The number of rotatable bonds is 18. The van der Waals surface area contributed by atoms with Gasteiger partial charge in [-0.2, -0.15) is 0 Å². The van der Waals surface area contributed by atoms with E-state index in [4.69, 9.17) is 26.3 Å². The van der Waals surface area contributed by atoms with Crippen LogP contribution in [0.5, 0.6) is 0 Å². The van der Waals surface area contributed by atoms with Gasteiger partial charge in [-0.05, 0) is 268 Å². The number of hydrogen-bond donors (Lipinski definition) is 1. The van der Waals surface area contributed by atoms with Crippen LogP contribution in [0.1, 0.15) is 174 Å². The van der Waals surface area contributed by atoms with E-state index in [1.165, 1.54) is 39.0 Å². The topological polar surface area (TPSA) is 186 Å². The molecule has 4 aliphatic heterocycles. The molecule has 1 atom stereocenters. The van der Waals surface area contributed by atoms with Crippen LogP contribution in [0.15, 0.2) is 161 Å². The van der Waals surface area contributed by atoms with E-state index in [9.17, 15) is 24.0 Å². The monoisotopic (exact) mass is 1700 g/mol. The molecule has 0 radical (unpaired) electrons. The van der Waals surface area contributed by atoms with Crippen molar-refractivity contribution in [2.75, 3.05) is 65.4 Å². The summed E-state index contributed by atoms with van der Waals surface area (Å²) in [6, 6.07) is 42.3. The van der Waals surface area contributed by atoms with Crippen molar-refractivity contribution >= 4 is 128 Å². The summed E-state index contributed by atoms with van der Waals surface area (Å²) in [5, 5.41) is 3.74. The smallest absolute Gasteiger partial charge is 0.217 e. The zero-order chi connectivity index (χ0) is 83.6. The molecule has 0 unspecified atom stereocenters. The lowest BCUT2D eigenvalue weighted by Crippen LogP contribution is -2.41. The highest BCUT2D eigenvalue weighted by Crippen LogP contribution is 2.38. The maximum absolute atomic E-state index is 13.5. The minimum absolute atomic E-state index is 0.0496. The van der Waals surface area contributed by atoms with Crippen molar-refractivity contribution in [3.63, 3.8) is 0 Å². The number of fused-ring (bicyclic) bond motifs is 4. The molecule has 5 aromatic carbocycles. The summed E-state index contributed by atoms with van der Waals surface area (Å²) in [7, 11) is 0. The molecule has 1 N–H and O–H groups in total. The average molecular weight is 1700 g/mol. The fraction of sp³-hybridized carbons (Fsp3) is 0.347. The lowest BCUT2D eigenvalue weighted by Gasteiger charge is -2.32. The van der Waals surface area contributed by atoms with Gasteiger partial charge >= 0.3 is 0 Å². The van der Waals surface area contributed by atoms with E-state index in [-0.39, 0.29) is 34.6 Å². The summed E-state index contributed by atoms with van der Waals surface area (Å²) < 4.78 is 10.0. The predicted octanol–water partition coefficient (Wildman–Crippen LogP) is 21.1. The van der Waals surface area contributed by atoms with Crippen molar-refractivity contribution in [2.24, 2.45) is 0 Å². The van der Waals surface area contributed by atoms with E-state index in [1.54, 1.807) is 48.8 Å². The molecule has 118 heavy (non-hydrogen) atoms. The van der Waals surface area contributed by atoms with E-state index in [0.717, 1.165) is 199 Å². The molecule has 0 bridgehead atoms. The lowest BCUT2D eigenvalue weighted by atomic mass is 10.0. The predicted molar refractivity (Wildman–Crippen MR) is 476 cm³/mol. The molecule has 4 fully saturated rings. The summed E-state index contributed by atoms with van der Waals surface area (Å²) in [5.41, 5.74) is 20.4. The fourth-order valence-corrected chi connectivity index (χ4v) is 17.9. The van der Waals surface area contributed by atoms with Gasteiger partial charge in [0.25, 0.3) is 0 Å². The highest BCUT2D eigenvalue weighted by atomic mass is 79.9. The number of piperidine rings is 3.